The van der Waals surface area contributed by atoms with Gasteiger partial charge >= 0.3 is 6.18 Å². The number of ketones is 1. The van der Waals surface area contributed by atoms with Crippen LogP contribution in [0.1, 0.15) is 10.4 Å². The molecule has 0 heterocycles. The molecule has 1 N–H and O–H groups in total. The van der Waals surface area contributed by atoms with Crippen LogP contribution in [0.4, 0.5) is 13.2 Å². The summed E-state index contributed by atoms with van der Waals surface area (Å²) >= 11 is 0. The summed E-state index contributed by atoms with van der Waals surface area (Å²) in [6, 6.07) is 7.40. The van der Waals surface area contributed by atoms with Gasteiger partial charge in [0.15, 0.2) is 5.78 Å². The molecule has 0 saturated carbocycles. The van der Waals surface area contributed by atoms with E-state index in [1.165, 1.54) is 24.3 Å². The van der Waals surface area contributed by atoms with Crippen LogP contribution in [-0.4, -0.2) is 17.1 Å². The molecule has 0 aliphatic carbocycles. The minimum absolute atomic E-state index is 0.0910. The molecule has 0 aromatic heterocycles. The quantitative estimate of drug-likeness (QED) is 0.469. The Hall–Kier alpha value is -1.78. The molecule has 0 bridgehead atoms. The van der Waals surface area contributed by atoms with Crippen molar-refractivity contribution in [3.05, 3.63) is 47.7 Å². The van der Waals surface area contributed by atoms with Crippen LogP contribution in [0.3, 0.4) is 0 Å². The number of hydrogen-bond donors (Lipinski definition) is 1. The molecule has 1 rings (SSSR count). The Kier molecular flexibility index (Phi) is 3.14. The highest BCUT2D eigenvalue weighted by molar-refractivity contribution is 6.04. The van der Waals surface area contributed by atoms with Crippen molar-refractivity contribution in [1.82, 2.24) is 0 Å². The molecule has 1 aromatic rings. The van der Waals surface area contributed by atoms with E-state index in [0.717, 1.165) is 0 Å². The van der Waals surface area contributed by atoms with Gasteiger partial charge in [-0.25, -0.2) is 0 Å². The second kappa shape index (κ2) is 4.16. The van der Waals surface area contributed by atoms with Crippen molar-refractivity contribution in [1.29, 1.82) is 0 Å². The lowest BCUT2D eigenvalue weighted by Gasteiger charge is -2.03. The highest BCUT2D eigenvalue weighted by Crippen LogP contribution is 2.23. The molecule has 0 aliphatic rings. The molecule has 0 amide bonds. The summed E-state index contributed by atoms with van der Waals surface area (Å²) in [5.74, 6) is -2.78. The number of halogens is 3. The van der Waals surface area contributed by atoms with Crippen LogP contribution in [0.25, 0.3) is 0 Å². The van der Waals surface area contributed by atoms with E-state index < -0.39 is 17.7 Å². The number of aliphatic hydroxyl groups excluding tert-OH is 1. The lowest BCUT2D eigenvalue weighted by atomic mass is 10.1. The van der Waals surface area contributed by atoms with Crippen molar-refractivity contribution < 1.29 is 23.1 Å². The fraction of sp³-hybridized carbons (Fsp3) is 0.100. The molecule has 0 saturated heterocycles. The van der Waals surface area contributed by atoms with Gasteiger partial charge in [0.2, 0.25) is 5.76 Å². The molecule has 0 fully saturated rings. The maximum atomic E-state index is 11.9. The van der Waals surface area contributed by atoms with Gasteiger partial charge < -0.3 is 5.11 Å². The summed E-state index contributed by atoms with van der Waals surface area (Å²) in [6.07, 6.45) is -4.72. The van der Waals surface area contributed by atoms with Crippen LogP contribution in [0.5, 0.6) is 0 Å². The van der Waals surface area contributed by atoms with Crippen LogP contribution in [-0.2, 0) is 0 Å². The topological polar surface area (TPSA) is 37.3 Å². The number of allylic oxidation sites excluding steroid dienone is 2. The number of alkyl halides is 3. The Bertz CT molecular complexity index is 379. The summed E-state index contributed by atoms with van der Waals surface area (Å²) < 4.78 is 35.6. The van der Waals surface area contributed by atoms with Crippen LogP contribution >= 0.6 is 0 Å². The molecule has 0 aliphatic heterocycles. The van der Waals surface area contributed by atoms with Crippen molar-refractivity contribution in [2.45, 2.75) is 6.18 Å². The molecule has 0 radical (unpaired) electrons. The molecule has 0 spiro atoms. The smallest absolute Gasteiger partial charge is 0.448 e. The van der Waals surface area contributed by atoms with Gasteiger partial charge in [-0.1, -0.05) is 30.3 Å². The van der Waals surface area contributed by atoms with Gasteiger partial charge in [-0.2, -0.15) is 13.2 Å². The Morgan fingerprint density at radius 1 is 1.20 bits per heavy atom. The predicted octanol–water partition coefficient (Wildman–Crippen LogP) is 2.87. The fourth-order valence-corrected chi connectivity index (χ4v) is 0.892. The van der Waals surface area contributed by atoms with E-state index >= 15 is 0 Å². The second-order valence-corrected chi connectivity index (χ2v) is 2.76. The van der Waals surface area contributed by atoms with Crippen molar-refractivity contribution in [3.8, 4) is 0 Å². The number of rotatable bonds is 2. The molecule has 1 aromatic carbocycles. The first-order valence-corrected chi connectivity index (χ1v) is 3.98. The monoisotopic (exact) mass is 216 g/mol. The molecular formula is C10H7F3O2. The number of benzene rings is 1. The van der Waals surface area contributed by atoms with Gasteiger partial charge in [-0.05, 0) is 0 Å². The summed E-state index contributed by atoms with van der Waals surface area (Å²) in [6.45, 7) is 0. The zero-order valence-electron chi connectivity index (χ0n) is 7.45. The van der Waals surface area contributed by atoms with Crippen LogP contribution in [0, 0.1) is 0 Å². The molecule has 80 valence electrons. The molecule has 2 nitrogen and oxygen atoms in total. The van der Waals surface area contributed by atoms with E-state index in [0.29, 0.717) is 0 Å². The van der Waals surface area contributed by atoms with Gasteiger partial charge in [-0.15, -0.1) is 0 Å². The molecule has 0 unspecified atom stereocenters. The molecule has 5 heteroatoms. The van der Waals surface area contributed by atoms with Gasteiger partial charge in [0.1, 0.15) is 0 Å². The first-order chi connectivity index (χ1) is 6.91. The number of carbonyl (C=O) groups excluding carboxylic acids is 1. The Labute approximate surface area is 83.7 Å². The maximum Gasteiger partial charge on any atom is 0.448 e. The first-order valence-electron chi connectivity index (χ1n) is 3.98. The Morgan fingerprint density at radius 3 is 2.20 bits per heavy atom. The van der Waals surface area contributed by atoms with Gasteiger partial charge in [0, 0.05) is 11.6 Å². The minimum Gasteiger partial charge on any atom is -0.504 e. The third-order valence-corrected chi connectivity index (χ3v) is 1.62. The fourth-order valence-electron chi connectivity index (χ4n) is 0.892. The first kappa shape index (κ1) is 11.3. The van der Waals surface area contributed by atoms with E-state index in [4.69, 9.17) is 5.11 Å². The summed E-state index contributed by atoms with van der Waals surface area (Å²) in [7, 11) is 0. The second-order valence-electron chi connectivity index (χ2n) is 2.76. The zero-order chi connectivity index (χ0) is 11.5. The SMILES string of the molecule is O=C(C=C(O)C(F)(F)F)c1ccccc1. The van der Waals surface area contributed by atoms with E-state index in [9.17, 15) is 18.0 Å². The molecular weight excluding hydrogens is 209 g/mol. The highest BCUT2D eigenvalue weighted by atomic mass is 19.4. The number of hydrogen-bond acceptors (Lipinski definition) is 2. The third kappa shape index (κ3) is 3.12. The zero-order valence-corrected chi connectivity index (χ0v) is 7.45. The summed E-state index contributed by atoms with van der Waals surface area (Å²) in [4.78, 5) is 11.2. The summed E-state index contributed by atoms with van der Waals surface area (Å²) in [5, 5.41) is 8.53. The van der Waals surface area contributed by atoms with E-state index in [-0.39, 0.29) is 11.6 Å². The minimum atomic E-state index is -4.88. The van der Waals surface area contributed by atoms with Gasteiger partial charge in [-0.3, -0.25) is 4.79 Å². The average molecular weight is 216 g/mol. The normalized spacial score (nSPS) is 12.6. The van der Waals surface area contributed by atoms with E-state index in [1.54, 1.807) is 6.07 Å². The predicted molar refractivity (Wildman–Crippen MR) is 47.5 cm³/mol. The lowest BCUT2D eigenvalue weighted by Crippen LogP contribution is -2.13. The van der Waals surface area contributed by atoms with Gasteiger partial charge in [0.05, 0.1) is 0 Å². The van der Waals surface area contributed by atoms with Crippen LogP contribution < -0.4 is 0 Å². The largest absolute Gasteiger partial charge is 0.504 e. The average Bonchev–Trinajstić information content (AvgIpc) is 2.17. The number of aliphatic hydroxyl groups is 1. The third-order valence-electron chi connectivity index (χ3n) is 1.62. The van der Waals surface area contributed by atoms with E-state index in [1.807, 2.05) is 0 Å². The standard InChI is InChI=1S/C10H7F3O2/c11-10(12,13)9(15)6-8(14)7-4-2-1-3-5-7/h1-6,15H. The van der Waals surface area contributed by atoms with Crippen molar-refractivity contribution in [2.75, 3.05) is 0 Å². The van der Waals surface area contributed by atoms with E-state index in [2.05, 4.69) is 0 Å². The van der Waals surface area contributed by atoms with Crippen molar-refractivity contribution in [2.24, 2.45) is 0 Å². The van der Waals surface area contributed by atoms with Crippen LogP contribution in [0.2, 0.25) is 0 Å². The van der Waals surface area contributed by atoms with Gasteiger partial charge in [0.25, 0.3) is 0 Å². The van der Waals surface area contributed by atoms with Crippen molar-refractivity contribution in [3.63, 3.8) is 0 Å². The van der Waals surface area contributed by atoms with Crippen molar-refractivity contribution >= 4 is 5.78 Å². The Balaban J connectivity index is 2.90. The highest BCUT2D eigenvalue weighted by Gasteiger charge is 2.34. The van der Waals surface area contributed by atoms with Crippen LogP contribution in [0.15, 0.2) is 42.2 Å². The summed E-state index contributed by atoms with van der Waals surface area (Å²) in [5.41, 5.74) is 0.0910. The molecule has 15 heavy (non-hydrogen) atoms. The Morgan fingerprint density at radius 2 is 1.73 bits per heavy atom. The lowest BCUT2D eigenvalue weighted by molar-refractivity contribution is -0.120. The molecule has 0 atom stereocenters. The number of carbonyl (C=O) groups is 1. The maximum absolute atomic E-state index is 11.9.